The van der Waals surface area contributed by atoms with Crippen molar-refractivity contribution < 1.29 is 28.7 Å². The summed E-state index contributed by atoms with van der Waals surface area (Å²) in [6.07, 6.45) is -0.303. The van der Waals surface area contributed by atoms with Crippen LogP contribution in [0.2, 0.25) is 0 Å². The summed E-state index contributed by atoms with van der Waals surface area (Å²) in [5.41, 5.74) is -1.76. The number of nitrogens with zero attached hydrogens (tertiary/aromatic N) is 3. The number of imide groups is 1. The lowest BCUT2D eigenvalue weighted by Crippen LogP contribution is -2.47. The third kappa shape index (κ3) is 2.98. The molecule has 1 aliphatic carbocycles. The number of aliphatic hydroxyl groups excluding tert-OH is 1. The Morgan fingerprint density at radius 2 is 1.79 bits per heavy atom. The Hall–Kier alpha value is -4.26. The molecule has 2 amide bonds. The predicted molar refractivity (Wildman–Crippen MR) is 140 cm³/mol. The van der Waals surface area contributed by atoms with Gasteiger partial charge in [-0.3, -0.25) is 9.59 Å². The molecule has 196 valence electrons. The van der Waals surface area contributed by atoms with Crippen molar-refractivity contribution in [3.63, 3.8) is 0 Å². The van der Waals surface area contributed by atoms with Gasteiger partial charge in [0.05, 0.1) is 52.4 Å². The van der Waals surface area contributed by atoms with Crippen molar-refractivity contribution in [1.29, 1.82) is 5.26 Å². The SMILES string of the molecule is CC1(CCOc2noc3ccccc23)CC(O)C2(O1)C1C(=O)N(c3ccc(C#N)c4ccccc34)C(=O)C12C. The molecular weight excluding hydrogens is 498 g/mol. The third-order valence-electron chi connectivity index (χ3n) is 8.86. The summed E-state index contributed by atoms with van der Waals surface area (Å²) >= 11 is 0. The Labute approximate surface area is 223 Å². The highest BCUT2D eigenvalue weighted by atomic mass is 16.6. The van der Waals surface area contributed by atoms with Gasteiger partial charge in [0.2, 0.25) is 11.8 Å². The Morgan fingerprint density at radius 3 is 2.51 bits per heavy atom. The Bertz CT molecular complexity index is 1740. The second kappa shape index (κ2) is 7.88. The predicted octanol–water partition coefficient (Wildman–Crippen LogP) is 4.11. The van der Waals surface area contributed by atoms with Crippen molar-refractivity contribution in [2.75, 3.05) is 11.5 Å². The van der Waals surface area contributed by atoms with Gasteiger partial charge in [0.1, 0.15) is 5.60 Å². The van der Waals surface area contributed by atoms with Crippen molar-refractivity contribution in [3.8, 4) is 11.9 Å². The fraction of sp³-hybridized carbons (Fsp3) is 0.333. The van der Waals surface area contributed by atoms with E-state index >= 15 is 0 Å². The van der Waals surface area contributed by atoms with Crippen LogP contribution in [0.5, 0.6) is 5.88 Å². The number of ether oxygens (including phenoxy) is 2. The standard InChI is InChI=1S/C30H25N3O6/c1-28(13-14-37-25-20-9-5-6-10-22(20)38-32-25)15-23(34)30(39-28)24-26(35)33(27(36)29(24,30)2)21-12-11-17(16-31)18-7-3-4-8-19(18)21/h3-12,23-24,34H,13-15H2,1-2H3. The molecule has 9 heteroatoms. The van der Waals surface area contributed by atoms with E-state index in [1.807, 2.05) is 31.2 Å². The second-order valence-corrected chi connectivity index (χ2v) is 11.1. The zero-order valence-corrected chi connectivity index (χ0v) is 21.4. The number of hydrogen-bond acceptors (Lipinski definition) is 8. The van der Waals surface area contributed by atoms with Gasteiger partial charge in [0, 0.05) is 23.6 Å². The van der Waals surface area contributed by atoms with E-state index in [4.69, 9.17) is 14.0 Å². The highest BCUT2D eigenvalue weighted by Crippen LogP contribution is 2.75. The minimum Gasteiger partial charge on any atom is -0.475 e. The van der Waals surface area contributed by atoms with Crippen molar-refractivity contribution in [2.45, 2.75) is 44.0 Å². The normalized spacial score (nSPS) is 31.3. The minimum atomic E-state index is -1.28. The van der Waals surface area contributed by atoms with Crippen molar-refractivity contribution in [2.24, 2.45) is 11.3 Å². The first kappa shape index (κ1) is 23.8. The molecule has 1 saturated carbocycles. The molecule has 9 nitrogen and oxygen atoms in total. The number of piperidine rings is 1. The number of amides is 2. The van der Waals surface area contributed by atoms with Gasteiger partial charge < -0.3 is 19.1 Å². The van der Waals surface area contributed by atoms with E-state index in [1.165, 1.54) is 4.90 Å². The summed E-state index contributed by atoms with van der Waals surface area (Å²) in [6, 6.07) is 20.0. The average Bonchev–Trinajstić information content (AvgIpc) is 3.16. The van der Waals surface area contributed by atoms with E-state index in [1.54, 1.807) is 43.3 Å². The van der Waals surface area contributed by atoms with Crippen LogP contribution in [-0.4, -0.2) is 46.0 Å². The van der Waals surface area contributed by atoms with Crippen LogP contribution in [-0.2, 0) is 14.3 Å². The summed E-state index contributed by atoms with van der Waals surface area (Å²) in [5, 5.41) is 26.8. The van der Waals surface area contributed by atoms with Gasteiger partial charge in [-0.05, 0) is 43.3 Å². The van der Waals surface area contributed by atoms with Crippen LogP contribution in [0.25, 0.3) is 21.7 Å². The number of benzene rings is 3. The number of para-hydroxylation sites is 1. The number of rotatable bonds is 5. The number of carbonyl (C=O) groups is 2. The summed E-state index contributed by atoms with van der Waals surface area (Å²) in [4.78, 5) is 28.9. The maximum absolute atomic E-state index is 13.9. The van der Waals surface area contributed by atoms with Crippen LogP contribution >= 0.6 is 0 Å². The fourth-order valence-electron chi connectivity index (χ4n) is 6.87. The number of aliphatic hydroxyl groups is 1. The molecule has 0 bridgehead atoms. The van der Waals surface area contributed by atoms with E-state index in [0.717, 1.165) is 5.39 Å². The molecule has 1 N–H and O–H groups in total. The third-order valence-corrected chi connectivity index (χ3v) is 8.86. The largest absolute Gasteiger partial charge is 0.475 e. The molecule has 3 heterocycles. The van der Waals surface area contributed by atoms with Crippen LogP contribution in [0.1, 0.15) is 32.3 Å². The summed E-state index contributed by atoms with van der Waals surface area (Å²) in [6.45, 7) is 3.83. The highest BCUT2D eigenvalue weighted by molar-refractivity contribution is 6.30. The smallest absolute Gasteiger partial charge is 0.262 e. The molecule has 3 aromatic carbocycles. The van der Waals surface area contributed by atoms with Gasteiger partial charge in [0.15, 0.2) is 5.58 Å². The molecule has 2 aliphatic heterocycles. The zero-order chi connectivity index (χ0) is 27.2. The number of anilines is 1. The van der Waals surface area contributed by atoms with Crippen LogP contribution in [0.4, 0.5) is 5.69 Å². The number of carbonyl (C=O) groups excluding carboxylic acids is 2. The van der Waals surface area contributed by atoms with Crippen molar-refractivity contribution >= 4 is 39.2 Å². The Balaban J connectivity index is 1.13. The molecular formula is C30H25N3O6. The Kier molecular flexibility index (Phi) is 4.82. The molecule has 1 aromatic heterocycles. The lowest BCUT2D eigenvalue weighted by molar-refractivity contribution is -0.138. The van der Waals surface area contributed by atoms with Gasteiger partial charge in [-0.15, -0.1) is 0 Å². The number of nitriles is 1. The average molecular weight is 524 g/mol. The molecule has 1 spiro atoms. The van der Waals surface area contributed by atoms with Crippen LogP contribution < -0.4 is 9.64 Å². The zero-order valence-electron chi connectivity index (χ0n) is 21.4. The molecule has 39 heavy (non-hydrogen) atoms. The van der Waals surface area contributed by atoms with Gasteiger partial charge in [0.25, 0.3) is 5.88 Å². The van der Waals surface area contributed by atoms with E-state index in [9.17, 15) is 20.0 Å². The van der Waals surface area contributed by atoms with Gasteiger partial charge >= 0.3 is 0 Å². The summed E-state index contributed by atoms with van der Waals surface area (Å²) in [7, 11) is 0. The minimum absolute atomic E-state index is 0.252. The molecule has 3 aliphatic rings. The maximum Gasteiger partial charge on any atom is 0.262 e. The molecule has 0 radical (unpaired) electrons. The second-order valence-electron chi connectivity index (χ2n) is 11.1. The molecule has 3 fully saturated rings. The molecule has 5 unspecified atom stereocenters. The van der Waals surface area contributed by atoms with Crippen molar-refractivity contribution in [1.82, 2.24) is 5.16 Å². The van der Waals surface area contributed by atoms with Crippen LogP contribution in [0, 0.1) is 22.7 Å². The van der Waals surface area contributed by atoms with Gasteiger partial charge in [-0.1, -0.05) is 36.4 Å². The first-order valence-electron chi connectivity index (χ1n) is 12.9. The number of aromatic nitrogens is 1. The van der Waals surface area contributed by atoms with E-state index in [2.05, 4.69) is 11.2 Å². The summed E-state index contributed by atoms with van der Waals surface area (Å²) in [5.74, 6) is -1.22. The van der Waals surface area contributed by atoms with Crippen molar-refractivity contribution in [3.05, 3.63) is 66.2 Å². The Morgan fingerprint density at radius 1 is 1.08 bits per heavy atom. The van der Waals surface area contributed by atoms with E-state index in [0.29, 0.717) is 39.9 Å². The molecule has 5 atom stereocenters. The van der Waals surface area contributed by atoms with Crippen LogP contribution in [0.15, 0.2) is 65.2 Å². The molecule has 2 saturated heterocycles. The first-order valence-corrected chi connectivity index (χ1v) is 12.9. The number of hydrogen-bond donors (Lipinski definition) is 1. The van der Waals surface area contributed by atoms with Crippen LogP contribution in [0.3, 0.4) is 0 Å². The highest BCUT2D eigenvalue weighted by Gasteiger charge is 2.92. The van der Waals surface area contributed by atoms with Gasteiger partial charge in [-0.25, -0.2) is 4.90 Å². The monoisotopic (exact) mass is 523 g/mol. The van der Waals surface area contributed by atoms with E-state index < -0.39 is 40.5 Å². The first-order chi connectivity index (χ1) is 18.7. The molecule has 7 rings (SSSR count). The van der Waals surface area contributed by atoms with E-state index in [-0.39, 0.29) is 13.0 Å². The number of fused-ring (bicyclic) bond motifs is 5. The lowest BCUT2D eigenvalue weighted by Gasteiger charge is -2.30. The topological polar surface area (TPSA) is 126 Å². The van der Waals surface area contributed by atoms with Gasteiger partial charge in [-0.2, -0.15) is 5.26 Å². The molecule has 4 aromatic rings. The lowest BCUT2D eigenvalue weighted by atomic mass is 9.93. The maximum atomic E-state index is 13.9. The summed E-state index contributed by atoms with van der Waals surface area (Å²) < 4.78 is 17.7. The quantitative estimate of drug-likeness (QED) is 0.388. The fourth-order valence-corrected chi connectivity index (χ4v) is 6.87.